The van der Waals surface area contributed by atoms with Crippen LogP contribution in [0.15, 0.2) is 17.7 Å². The van der Waals surface area contributed by atoms with E-state index in [1.165, 1.54) is 12.4 Å². The average Bonchev–Trinajstić information content (AvgIpc) is 1.91. The van der Waals surface area contributed by atoms with Crippen molar-refractivity contribution in [3.63, 3.8) is 0 Å². The van der Waals surface area contributed by atoms with Gasteiger partial charge in [-0.05, 0) is 0 Å². The molecule has 0 fully saturated rings. The van der Waals surface area contributed by atoms with E-state index in [9.17, 15) is 4.91 Å². The molecule has 46 valence electrons. The molecule has 0 amide bonds. The van der Waals surface area contributed by atoms with Gasteiger partial charge in [-0.25, -0.2) is 10.4 Å². The summed E-state index contributed by atoms with van der Waals surface area (Å²) in [5, 5.41) is 9.17. The summed E-state index contributed by atoms with van der Waals surface area (Å²) in [6, 6.07) is 0. The van der Waals surface area contributed by atoms with E-state index in [-0.39, 0.29) is 35.5 Å². The van der Waals surface area contributed by atoms with Crippen LogP contribution in [-0.2, 0) is 0 Å². The van der Waals surface area contributed by atoms with Gasteiger partial charge in [0.1, 0.15) is 0 Å². The molecule has 0 aliphatic heterocycles. The van der Waals surface area contributed by atoms with Crippen molar-refractivity contribution in [1.82, 2.24) is 15.2 Å². The van der Waals surface area contributed by atoms with Crippen molar-refractivity contribution in [1.29, 1.82) is 0 Å². The summed E-state index contributed by atoms with van der Waals surface area (Å²) in [6.45, 7) is 0. The minimum Gasteiger partial charge on any atom is -0.217 e. The normalized spacial score (nSPS) is 7.60. The molecule has 1 heterocycles. The summed E-state index contributed by atoms with van der Waals surface area (Å²) < 4.78 is 0. The number of nitrogens with one attached hydrogen (secondary N) is 1. The molecule has 1 rings (SSSR count). The molecule has 1 aromatic rings. The first-order chi connectivity index (χ1) is 4.43. The van der Waals surface area contributed by atoms with Gasteiger partial charge >= 0.3 is 29.6 Å². The van der Waals surface area contributed by atoms with Crippen molar-refractivity contribution in [2.75, 3.05) is 5.43 Å². The number of nitrogens with zero attached hydrogens (tertiary/aromatic N) is 4. The maximum Gasteiger partial charge on any atom is 1.00 e. The van der Waals surface area contributed by atoms with Gasteiger partial charge in [0.25, 0.3) is 5.95 Å². The monoisotopic (exact) mass is 148 g/mol. The third-order valence-electron chi connectivity index (χ3n) is 0.628. The first-order valence-corrected chi connectivity index (χ1v) is 2.15. The van der Waals surface area contributed by atoms with Gasteiger partial charge in [-0.1, -0.05) is 0 Å². The first kappa shape index (κ1) is 9.41. The number of hydrogen-bond acceptors (Lipinski definition) is 5. The summed E-state index contributed by atoms with van der Waals surface area (Å²) in [6.07, 6.45) is 2.80. The fourth-order valence-electron chi connectivity index (χ4n) is 0.340. The Morgan fingerprint density at radius 1 is 1.50 bits per heavy atom. The fraction of sp³-hybridized carbons (Fsp3) is 0. The molecule has 7 heteroatoms. The summed E-state index contributed by atoms with van der Waals surface area (Å²) >= 11 is 0. The molecule has 0 spiro atoms. The minimum atomic E-state index is 0. The van der Waals surface area contributed by atoms with E-state index in [4.69, 9.17) is 0 Å². The molecule has 0 aromatic carbocycles. The molecule has 1 N–H and O–H groups in total. The molecule has 0 saturated carbocycles. The SMILES string of the molecule is O=NNc1nccnn1.[Na+]. The topological polar surface area (TPSA) is 80.1 Å². The second-order valence-corrected chi connectivity index (χ2v) is 1.17. The van der Waals surface area contributed by atoms with Gasteiger partial charge in [-0.2, -0.15) is 5.10 Å². The number of nitroso groups, excluding NO2 is 1. The van der Waals surface area contributed by atoms with Crippen LogP contribution in [0.5, 0.6) is 0 Å². The third kappa shape index (κ3) is 2.81. The van der Waals surface area contributed by atoms with Gasteiger partial charge in [0.15, 0.2) is 0 Å². The first-order valence-electron chi connectivity index (χ1n) is 2.15. The van der Waals surface area contributed by atoms with E-state index >= 15 is 0 Å². The van der Waals surface area contributed by atoms with E-state index < -0.39 is 0 Å². The van der Waals surface area contributed by atoms with Gasteiger partial charge < -0.3 is 0 Å². The summed E-state index contributed by atoms with van der Waals surface area (Å²) in [5.74, 6) is 0.104. The molecule has 0 aliphatic rings. The third-order valence-corrected chi connectivity index (χ3v) is 0.628. The van der Waals surface area contributed by atoms with Gasteiger partial charge in [-0.15, -0.1) is 10.0 Å². The quantitative estimate of drug-likeness (QED) is 0.274. The van der Waals surface area contributed by atoms with Gasteiger partial charge in [0.05, 0.1) is 17.7 Å². The Hall–Kier alpha value is -0.590. The van der Waals surface area contributed by atoms with E-state index in [0.717, 1.165) is 0 Å². The fourth-order valence-corrected chi connectivity index (χ4v) is 0.340. The zero-order valence-electron chi connectivity index (χ0n) is 5.35. The maximum atomic E-state index is 9.51. The van der Waals surface area contributed by atoms with Crippen LogP contribution in [0.2, 0.25) is 0 Å². The van der Waals surface area contributed by atoms with E-state index in [2.05, 4.69) is 20.5 Å². The van der Waals surface area contributed by atoms with Crippen LogP contribution in [-0.4, -0.2) is 15.2 Å². The summed E-state index contributed by atoms with van der Waals surface area (Å²) in [7, 11) is 0. The Kier molecular flexibility index (Phi) is 4.91. The Morgan fingerprint density at radius 3 is 2.80 bits per heavy atom. The molecule has 0 bridgehead atoms. The van der Waals surface area contributed by atoms with Crippen molar-refractivity contribution in [3.05, 3.63) is 17.3 Å². The average molecular weight is 148 g/mol. The van der Waals surface area contributed by atoms with Crippen LogP contribution < -0.4 is 35.0 Å². The number of rotatable bonds is 2. The van der Waals surface area contributed by atoms with Crippen LogP contribution in [0, 0.1) is 4.91 Å². The predicted molar refractivity (Wildman–Crippen MR) is 29.2 cm³/mol. The van der Waals surface area contributed by atoms with Gasteiger partial charge in [-0.3, -0.25) is 0 Å². The van der Waals surface area contributed by atoms with Crippen molar-refractivity contribution < 1.29 is 29.6 Å². The number of anilines is 1. The molecular weight excluding hydrogens is 145 g/mol. The second kappa shape index (κ2) is 5.21. The van der Waals surface area contributed by atoms with Crippen LogP contribution in [0.3, 0.4) is 0 Å². The van der Waals surface area contributed by atoms with E-state index in [0.29, 0.717) is 0 Å². The smallest absolute Gasteiger partial charge is 0.217 e. The van der Waals surface area contributed by atoms with Crippen LogP contribution >= 0.6 is 0 Å². The second-order valence-electron chi connectivity index (χ2n) is 1.17. The van der Waals surface area contributed by atoms with Crippen molar-refractivity contribution in [2.24, 2.45) is 5.29 Å². The van der Waals surface area contributed by atoms with E-state index in [1.807, 2.05) is 5.43 Å². The largest absolute Gasteiger partial charge is 1.00 e. The molecule has 0 unspecified atom stereocenters. The van der Waals surface area contributed by atoms with E-state index in [1.54, 1.807) is 0 Å². The van der Waals surface area contributed by atoms with Crippen LogP contribution in [0.4, 0.5) is 5.95 Å². The molecule has 0 aliphatic carbocycles. The molecule has 6 nitrogen and oxygen atoms in total. The molecular formula is C3H3N5NaO+. The minimum absolute atomic E-state index is 0. The Balaban J connectivity index is 0.000000810. The predicted octanol–water partition coefficient (Wildman–Crippen LogP) is -3.03. The molecule has 0 saturated heterocycles. The van der Waals surface area contributed by atoms with Crippen LogP contribution in [0.25, 0.3) is 0 Å². The van der Waals surface area contributed by atoms with Crippen molar-refractivity contribution >= 4 is 5.95 Å². The zero-order chi connectivity index (χ0) is 6.53. The number of aromatic nitrogens is 3. The molecule has 0 atom stereocenters. The van der Waals surface area contributed by atoms with Gasteiger partial charge in [0.2, 0.25) is 0 Å². The Morgan fingerprint density at radius 2 is 2.30 bits per heavy atom. The zero-order valence-corrected chi connectivity index (χ0v) is 7.35. The molecule has 1 aromatic heterocycles. The number of hydrogen-bond donors (Lipinski definition) is 1. The Labute approximate surface area is 78.7 Å². The Bertz CT molecular complexity index is 191. The standard InChI is InChI=1S/C3H3N5O.Na/c9-8-7-3-4-1-2-5-6-3;/h1-2H,(H,4,6,7,9);/q;+1. The van der Waals surface area contributed by atoms with Crippen molar-refractivity contribution in [2.45, 2.75) is 0 Å². The molecule has 0 radical (unpaired) electrons. The van der Waals surface area contributed by atoms with Crippen LogP contribution in [0.1, 0.15) is 0 Å². The maximum absolute atomic E-state index is 9.51. The van der Waals surface area contributed by atoms with Crippen molar-refractivity contribution in [3.8, 4) is 0 Å². The summed E-state index contributed by atoms with van der Waals surface area (Å²) in [4.78, 5) is 13.1. The molecule has 10 heavy (non-hydrogen) atoms. The summed E-state index contributed by atoms with van der Waals surface area (Å²) in [5.41, 5.74) is 1.99. The van der Waals surface area contributed by atoms with Gasteiger partial charge in [0, 0.05) is 0 Å².